The number of nitrogens with zero attached hydrogens (tertiary/aromatic N) is 2. The number of hydrogen-bond donors (Lipinski definition) is 3. The number of H-pyrrole nitrogens is 1. The van der Waals surface area contributed by atoms with Crippen LogP contribution in [0, 0.1) is 0 Å². The summed E-state index contributed by atoms with van der Waals surface area (Å²) in [6.07, 6.45) is 5.89. The first-order valence-electron chi connectivity index (χ1n) is 9.47. The van der Waals surface area contributed by atoms with Gasteiger partial charge in [-0.1, -0.05) is 30.3 Å². The number of carbonyl (C=O) groups excluding carboxylic acids is 1. The Kier molecular flexibility index (Phi) is 5.07. The normalized spacial score (nSPS) is 15.0. The number of hydrogen-bond acceptors (Lipinski definition) is 3. The van der Waals surface area contributed by atoms with Crippen LogP contribution in [0.3, 0.4) is 0 Å². The minimum atomic E-state index is -0.108. The molecule has 0 fully saturated rings. The Balaban J connectivity index is 1.40. The number of benzene rings is 1. The molecule has 0 bridgehead atoms. The molecule has 1 unspecified atom stereocenters. The van der Waals surface area contributed by atoms with E-state index in [1.54, 1.807) is 0 Å². The van der Waals surface area contributed by atoms with Gasteiger partial charge in [-0.15, -0.1) is 0 Å². The van der Waals surface area contributed by atoms with E-state index in [0.717, 1.165) is 38.0 Å². The lowest BCUT2D eigenvalue weighted by Gasteiger charge is -2.11. The Labute approximate surface area is 159 Å². The summed E-state index contributed by atoms with van der Waals surface area (Å²) in [6, 6.07) is 12.1. The van der Waals surface area contributed by atoms with Gasteiger partial charge in [0.15, 0.2) is 0 Å². The van der Waals surface area contributed by atoms with Crippen molar-refractivity contribution in [2.45, 2.75) is 38.9 Å². The summed E-state index contributed by atoms with van der Waals surface area (Å²) >= 11 is 0. The molecular weight excluding hydrogens is 338 g/mol. The zero-order valence-corrected chi connectivity index (χ0v) is 15.5. The maximum Gasteiger partial charge on any atom is 0.268 e. The third-order valence-electron chi connectivity index (χ3n) is 5.02. The van der Waals surface area contributed by atoms with Gasteiger partial charge in [-0.25, -0.2) is 0 Å². The minimum Gasteiger partial charge on any atom is -0.354 e. The molecule has 3 N–H and O–H groups in total. The lowest BCUT2D eigenvalue weighted by molar-refractivity contribution is 0.0935. The second kappa shape index (κ2) is 7.80. The molecule has 0 saturated carbocycles. The Morgan fingerprint density at radius 2 is 2.19 bits per heavy atom. The summed E-state index contributed by atoms with van der Waals surface area (Å²) in [5, 5.41) is 10.9. The van der Waals surface area contributed by atoms with Gasteiger partial charge in [0.2, 0.25) is 0 Å². The highest BCUT2D eigenvalue weighted by Gasteiger charge is 2.18. The van der Waals surface area contributed by atoms with Crippen molar-refractivity contribution in [3.63, 3.8) is 0 Å². The smallest absolute Gasteiger partial charge is 0.268 e. The summed E-state index contributed by atoms with van der Waals surface area (Å²) < 4.78 is 1.90. The summed E-state index contributed by atoms with van der Waals surface area (Å²) in [5.41, 5.74) is 5.20. The largest absolute Gasteiger partial charge is 0.354 e. The van der Waals surface area contributed by atoms with Gasteiger partial charge in [-0.05, 0) is 43.5 Å². The number of aromatic amines is 1. The van der Waals surface area contributed by atoms with Crippen LogP contribution in [0.2, 0.25) is 0 Å². The van der Waals surface area contributed by atoms with Crippen molar-refractivity contribution >= 4 is 5.91 Å². The van der Waals surface area contributed by atoms with Crippen LogP contribution in [0.4, 0.5) is 0 Å². The van der Waals surface area contributed by atoms with Crippen molar-refractivity contribution in [3.8, 4) is 0 Å². The van der Waals surface area contributed by atoms with E-state index >= 15 is 0 Å². The molecule has 3 aromatic rings. The number of aryl methyl sites for hydroxylation is 1. The van der Waals surface area contributed by atoms with E-state index in [2.05, 4.69) is 32.8 Å². The molecule has 2 aromatic heterocycles. The lowest BCUT2D eigenvalue weighted by atomic mass is 10.1. The van der Waals surface area contributed by atoms with Gasteiger partial charge >= 0.3 is 0 Å². The molecule has 0 spiro atoms. The van der Waals surface area contributed by atoms with Crippen molar-refractivity contribution in [3.05, 3.63) is 76.9 Å². The van der Waals surface area contributed by atoms with E-state index in [1.807, 2.05) is 48.3 Å². The van der Waals surface area contributed by atoms with Crippen LogP contribution in [-0.2, 0) is 19.5 Å². The number of aromatic nitrogens is 3. The van der Waals surface area contributed by atoms with Crippen LogP contribution in [0.15, 0.2) is 48.8 Å². The lowest BCUT2D eigenvalue weighted by Crippen LogP contribution is -2.26. The highest BCUT2D eigenvalue weighted by atomic mass is 16.1. The Hall–Kier alpha value is -2.86. The fraction of sp³-hybridized carbons (Fsp3) is 0.333. The highest BCUT2D eigenvalue weighted by Crippen LogP contribution is 2.17. The summed E-state index contributed by atoms with van der Waals surface area (Å²) in [7, 11) is 0. The first kappa shape index (κ1) is 17.5. The molecule has 140 valence electrons. The predicted molar refractivity (Wildman–Crippen MR) is 104 cm³/mol. The van der Waals surface area contributed by atoms with Crippen molar-refractivity contribution in [1.29, 1.82) is 0 Å². The van der Waals surface area contributed by atoms with Crippen LogP contribution in [0.25, 0.3) is 0 Å². The molecule has 3 heterocycles. The van der Waals surface area contributed by atoms with Gasteiger partial charge in [0.05, 0.1) is 18.8 Å². The van der Waals surface area contributed by atoms with Crippen LogP contribution in [-0.4, -0.2) is 27.2 Å². The van der Waals surface area contributed by atoms with Crippen LogP contribution >= 0.6 is 0 Å². The topological polar surface area (TPSA) is 74.7 Å². The molecule has 0 radical (unpaired) electrons. The van der Waals surface area contributed by atoms with Crippen molar-refractivity contribution in [2.75, 3.05) is 6.54 Å². The van der Waals surface area contributed by atoms with Gasteiger partial charge in [0, 0.05) is 24.0 Å². The summed E-state index contributed by atoms with van der Waals surface area (Å²) in [5.74, 6) is -0.0774. The molecule has 0 saturated heterocycles. The molecule has 1 aromatic carbocycles. The average molecular weight is 363 g/mol. The van der Waals surface area contributed by atoms with E-state index in [9.17, 15) is 4.79 Å². The van der Waals surface area contributed by atoms with Crippen LogP contribution in [0.5, 0.6) is 0 Å². The molecule has 27 heavy (non-hydrogen) atoms. The third kappa shape index (κ3) is 4.11. The van der Waals surface area contributed by atoms with Crippen molar-refractivity contribution in [1.82, 2.24) is 25.4 Å². The molecule has 0 aliphatic carbocycles. The van der Waals surface area contributed by atoms with Crippen LogP contribution in [0.1, 0.15) is 52.3 Å². The number of nitrogens with one attached hydrogen (secondary N) is 3. The van der Waals surface area contributed by atoms with E-state index in [4.69, 9.17) is 0 Å². The minimum absolute atomic E-state index is 0.0774. The number of fused-ring (bicyclic) bond motifs is 1. The molecule has 4 rings (SSSR count). The number of rotatable bonds is 5. The van der Waals surface area contributed by atoms with Crippen molar-refractivity contribution < 1.29 is 4.79 Å². The van der Waals surface area contributed by atoms with Gasteiger partial charge in [0.1, 0.15) is 5.69 Å². The first-order valence-corrected chi connectivity index (χ1v) is 9.47. The monoisotopic (exact) mass is 363 g/mol. The van der Waals surface area contributed by atoms with E-state index < -0.39 is 0 Å². The number of carbonyl (C=O) groups is 1. The van der Waals surface area contributed by atoms with Crippen LogP contribution < -0.4 is 10.6 Å². The van der Waals surface area contributed by atoms with E-state index in [-0.39, 0.29) is 11.9 Å². The Morgan fingerprint density at radius 1 is 1.33 bits per heavy atom. The van der Waals surface area contributed by atoms with E-state index in [0.29, 0.717) is 5.69 Å². The molecule has 1 aliphatic heterocycles. The quantitative estimate of drug-likeness (QED) is 0.652. The second-order valence-electron chi connectivity index (χ2n) is 7.12. The van der Waals surface area contributed by atoms with E-state index in [1.165, 1.54) is 16.8 Å². The predicted octanol–water partition coefficient (Wildman–Crippen LogP) is 2.79. The third-order valence-corrected chi connectivity index (χ3v) is 5.02. The maximum absolute atomic E-state index is 12.6. The Bertz CT molecular complexity index is 888. The first-order chi connectivity index (χ1) is 13.2. The maximum atomic E-state index is 12.6. The number of amides is 1. The fourth-order valence-electron chi connectivity index (χ4n) is 3.47. The zero-order chi connectivity index (χ0) is 18.6. The van der Waals surface area contributed by atoms with Gasteiger partial charge in [-0.3, -0.25) is 9.48 Å². The second-order valence-corrected chi connectivity index (χ2v) is 7.12. The molecule has 6 nitrogen and oxygen atoms in total. The SMILES string of the molecule is CC(NC(=O)c1cc2c([nH]1)CCCNC2)c1cnn(Cc2ccccc2)c1. The molecular formula is C21H25N5O. The molecule has 1 amide bonds. The van der Waals surface area contributed by atoms with Gasteiger partial charge < -0.3 is 15.6 Å². The molecule has 6 heteroatoms. The zero-order valence-electron chi connectivity index (χ0n) is 15.5. The molecule has 1 atom stereocenters. The standard InChI is InChI=1S/C21H25N5O/c1-15(18-12-23-26(14-18)13-16-6-3-2-4-7-16)24-21(27)20-10-17-11-22-9-5-8-19(17)25-20/h2-4,6-7,10,12,14-15,22,25H,5,8-9,11,13H2,1H3,(H,24,27). The average Bonchev–Trinajstić information content (AvgIpc) is 3.25. The Morgan fingerprint density at radius 3 is 3.04 bits per heavy atom. The van der Waals surface area contributed by atoms with Gasteiger partial charge in [0.25, 0.3) is 5.91 Å². The van der Waals surface area contributed by atoms with Crippen molar-refractivity contribution in [2.24, 2.45) is 0 Å². The van der Waals surface area contributed by atoms with Gasteiger partial charge in [-0.2, -0.15) is 5.10 Å². The fourth-order valence-corrected chi connectivity index (χ4v) is 3.47. The summed E-state index contributed by atoms with van der Waals surface area (Å²) in [6.45, 7) is 4.55. The summed E-state index contributed by atoms with van der Waals surface area (Å²) in [4.78, 5) is 15.9. The highest BCUT2D eigenvalue weighted by molar-refractivity contribution is 5.93. The molecule has 1 aliphatic rings.